The minimum Gasteiger partial charge on any atom is -0.495 e. The van der Waals surface area contributed by atoms with Gasteiger partial charge in [-0.15, -0.1) is 0 Å². The van der Waals surface area contributed by atoms with Crippen molar-refractivity contribution in [3.63, 3.8) is 0 Å². The van der Waals surface area contributed by atoms with Crippen LogP contribution < -0.4 is 10.1 Å². The van der Waals surface area contributed by atoms with Crippen molar-refractivity contribution in [2.24, 2.45) is 5.92 Å². The van der Waals surface area contributed by atoms with E-state index >= 15 is 0 Å². The van der Waals surface area contributed by atoms with Crippen molar-refractivity contribution in [1.29, 1.82) is 0 Å². The molecule has 1 aromatic rings. The zero-order valence-corrected chi connectivity index (χ0v) is 12.3. The summed E-state index contributed by atoms with van der Waals surface area (Å²) in [5, 5.41) is 4.00. The van der Waals surface area contributed by atoms with E-state index < -0.39 is 0 Å². The second kappa shape index (κ2) is 5.89. The number of ether oxygens (including phenoxy) is 1. The van der Waals surface area contributed by atoms with Gasteiger partial charge in [0.15, 0.2) is 0 Å². The molecule has 0 saturated carbocycles. The molecule has 0 spiro atoms. The lowest BCUT2D eigenvalue weighted by Gasteiger charge is -2.23. The maximum absolute atomic E-state index is 6.07. The molecule has 1 atom stereocenters. The predicted octanol–water partition coefficient (Wildman–Crippen LogP) is 4.03. The monoisotopic (exact) mass is 305 g/mol. The summed E-state index contributed by atoms with van der Waals surface area (Å²) in [5.41, 5.74) is 1.08. The van der Waals surface area contributed by atoms with Gasteiger partial charge in [0.1, 0.15) is 5.75 Å². The van der Waals surface area contributed by atoms with Crippen LogP contribution >= 0.6 is 27.5 Å². The third-order valence-electron chi connectivity index (χ3n) is 2.55. The summed E-state index contributed by atoms with van der Waals surface area (Å²) in [6.45, 7) is 4.32. The molecule has 4 heteroatoms. The molecule has 1 N–H and O–H groups in total. The first-order chi connectivity index (χ1) is 7.51. The molecule has 0 aliphatic rings. The van der Waals surface area contributed by atoms with Gasteiger partial charge in [0.25, 0.3) is 0 Å². The smallest absolute Gasteiger partial charge is 0.137 e. The van der Waals surface area contributed by atoms with Crippen molar-refractivity contribution in [3.05, 3.63) is 27.2 Å². The number of hydrogen-bond donors (Lipinski definition) is 1. The first-order valence-electron chi connectivity index (χ1n) is 5.21. The first kappa shape index (κ1) is 13.8. The average molecular weight is 307 g/mol. The van der Waals surface area contributed by atoms with Crippen molar-refractivity contribution < 1.29 is 4.74 Å². The highest BCUT2D eigenvalue weighted by Gasteiger charge is 2.20. The number of benzene rings is 1. The summed E-state index contributed by atoms with van der Waals surface area (Å²) < 4.78 is 6.31. The van der Waals surface area contributed by atoms with E-state index in [1.165, 1.54) is 0 Å². The van der Waals surface area contributed by atoms with Crippen LogP contribution in [0.1, 0.15) is 25.5 Å². The van der Waals surface area contributed by atoms with Gasteiger partial charge < -0.3 is 10.1 Å². The van der Waals surface area contributed by atoms with E-state index in [4.69, 9.17) is 16.3 Å². The minimum absolute atomic E-state index is 0.227. The van der Waals surface area contributed by atoms with E-state index in [0.29, 0.717) is 10.9 Å². The summed E-state index contributed by atoms with van der Waals surface area (Å²) in [5.74, 6) is 1.31. The Morgan fingerprint density at radius 1 is 1.38 bits per heavy atom. The largest absolute Gasteiger partial charge is 0.495 e. The fourth-order valence-corrected chi connectivity index (χ4v) is 2.87. The molecule has 0 radical (unpaired) electrons. The predicted molar refractivity (Wildman–Crippen MR) is 72.3 cm³/mol. The lowest BCUT2D eigenvalue weighted by Crippen LogP contribution is -2.22. The summed E-state index contributed by atoms with van der Waals surface area (Å²) in [6.07, 6.45) is 0. The molecule has 1 aromatic carbocycles. The fourth-order valence-electron chi connectivity index (χ4n) is 1.87. The van der Waals surface area contributed by atoms with Crippen LogP contribution in [-0.4, -0.2) is 14.2 Å². The quantitative estimate of drug-likeness (QED) is 0.907. The van der Waals surface area contributed by atoms with Crippen LogP contribution in [0.4, 0.5) is 0 Å². The second-order valence-corrected chi connectivity index (χ2v) is 5.31. The molecule has 1 rings (SSSR count). The van der Waals surface area contributed by atoms with Gasteiger partial charge in [-0.25, -0.2) is 0 Å². The topological polar surface area (TPSA) is 21.3 Å². The highest BCUT2D eigenvalue weighted by atomic mass is 79.9. The Kier molecular flexibility index (Phi) is 5.09. The van der Waals surface area contributed by atoms with Gasteiger partial charge in [-0.2, -0.15) is 0 Å². The van der Waals surface area contributed by atoms with E-state index in [1.807, 2.05) is 19.2 Å². The summed E-state index contributed by atoms with van der Waals surface area (Å²) >= 11 is 9.54. The second-order valence-electron chi connectivity index (χ2n) is 4.02. The number of rotatable bonds is 4. The van der Waals surface area contributed by atoms with E-state index in [-0.39, 0.29) is 6.04 Å². The van der Waals surface area contributed by atoms with E-state index in [1.54, 1.807) is 7.11 Å². The van der Waals surface area contributed by atoms with E-state index in [0.717, 1.165) is 15.8 Å². The molecule has 0 bridgehead atoms. The average Bonchev–Trinajstić information content (AvgIpc) is 2.17. The van der Waals surface area contributed by atoms with Crippen molar-refractivity contribution in [2.45, 2.75) is 19.9 Å². The molecule has 0 aromatic heterocycles. The van der Waals surface area contributed by atoms with Gasteiger partial charge in [-0.05, 0) is 41.0 Å². The third-order valence-corrected chi connectivity index (χ3v) is 3.36. The molecular formula is C12H17BrClNO. The molecule has 90 valence electrons. The van der Waals surface area contributed by atoms with Crippen LogP contribution in [0.5, 0.6) is 5.75 Å². The number of methoxy groups -OCH3 is 1. The van der Waals surface area contributed by atoms with E-state index in [9.17, 15) is 0 Å². The van der Waals surface area contributed by atoms with Crippen LogP contribution in [-0.2, 0) is 0 Å². The molecule has 16 heavy (non-hydrogen) atoms. The highest BCUT2D eigenvalue weighted by molar-refractivity contribution is 9.10. The summed E-state index contributed by atoms with van der Waals surface area (Å²) in [7, 11) is 3.61. The van der Waals surface area contributed by atoms with Gasteiger partial charge in [0.2, 0.25) is 0 Å². The Morgan fingerprint density at radius 3 is 2.44 bits per heavy atom. The van der Waals surface area contributed by atoms with Crippen molar-refractivity contribution in [3.8, 4) is 5.75 Å². The Morgan fingerprint density at radius 2 is 2.00 bits per heavy atom. The zero-order valence-electron chi connectivity index (χ0n) is 9.97. The molecule has 1 unspecified atom stereocenters. The van der Waals surface area contributed by atoms with Crippen LogP contribution in [0, 0.1) is 5.92 Å². The molecule has 2 nitrogen and oxygen atoms in total. The van der Waals surface area contributed by atoms with Crippen LogP contribution in [0.2, 0.25) is 5.02 Å². The fraction of sp³-hybridized carbons (Fsp3) is 0.500. The van der Waals surface area contributed by atoms with Crippen molar-refractivity contribution in [1.82, 2.24) is 5.32 Å². The lowest BCUT2D eigenvalue weighted by atomic mass is 9.95. The standard InChI is InChI=1S/C12H17BrClNO/c1-7(2)11(15-3)9-5-8(14)6-10(13)12(9)16-4/h5-7,11,15H,1-4H3. The maximum atomic E-state index is 6.07. The van der Waals surface area contributed by atoms with Gasteiger partial charge in [-0.3, -0.25) is 0 Å². The van der Waals surface area contributed by atoms with Crippen molar-refractivity contribution >= 4 is 27.5 Å². The first-order valence-corrected chi connectivity index (χ1v) is 6.38. The van der Waals surface area contributed by atoms with Crippen LogP contribution in [0.15, 0.2) is 16.6 Å². The Labute approximate surface area is 110 Å². The van der Waals surface area contributed by atoms with Crippen LogP contribution in [0.25, 0.3) is 0 Å². The van der Waals surface area contributed by atoms with Gasteiger partial charge in [0, 0.05) is 16.6 Å². The normalized spacial score (nSPS) is 12.9. The SMILES string of the molecule is CNC(c1cc(Cl)cc(Br)c1OC)C(C)C. The zero-order chi connectivity index (χ0) is 12.3. The van der Waals surface area contributed by atoms with Gasteiger partial charge in [0.05, 0.1) is 11.6 Å². The van der Waals surface area contributed by atoms with Crippen LogP contribution in [0.3, 0.4) is 0 Å². The summed E-state index contributed by atoms with van der Waals surface area (Å²) in [6, 6.07) is 4.02. The Hall–Kier alpha value is -0.250. The van der Waals surface area contributed by atoms with Crippen molar-refractivity contribution in [2.75, 3.05) is 14.2 Å². The minimum atomic E-state index is 0.227. The molecule has 0 fully saturated rings. The number of nitrogens with one attached hydrogen (secondary N) is 1. The number of halogens is 2. The summed E-state index contributed by atoms with van der Waals surface area (Å²) in [4.78, 5) is 0. The molecule has 0 heterocycles. The molecular weight excluding hydrogens is 289 g/mol. The Bertz CT molecular complexity index is 368. The van der Waals surface area contributed by atoms with E-state index in [2.05, 4.69) is 35.1 Å². The molecule has 0 saturated heterocycles. The van der Waals surface area contributed by atoms with Gasteiger partial charge in [-0.1, -0.05) is 25.4 Å². The third kappa shape index (κ3) is 2.90. The molecule has 0 aliphatic carbocycles. The van der Waals surface area contributed by atoms with Gasteiger partial charge >= 0.3 is 0 Å². The molecule has 0 amide bonds. The number of hydrogen-bond acceptors (Lipinski definition) is 2. The lowest BCUT2D eigenvalue weighted by molar-refractivity contribution is 0.379. The molecule has 0 aliphatic heterocycles. The maximum Gasteiger partial charge on any atom is 0.137 e. The highest BCUT2D eigenvalue weighted by Crippen LogP contribution is 2.38. The Balaban J connectivity index is 3.29.